The number of nitro groups is 1. The minimum Gasteiger partial charge on any atom is -0.493 e. The van der Waals surface area contributed by atoms with E-state index in [4.69, 9.17) is 26.7 Å². The summed E-state index contributed by atoms with van der Waals surface area (Å²) in [6.07, 6.45) is 4.90. The van der Waals surface area contributed by atoms with Crippen LogP contribution in [0.25, 0.3) is 11.4 Å². The van der Waals surface area contributed by atoms with Crippen LogP contribution in [0.2, 0.25) is 0 Å². The van der Waals surface area contributed by atoms with Crippen molar-refractivity contribution in [2.24, 2.45) is 0 Å². The molecule has 1 aromatic heterocycles. The minimum absolute atomic E-state index is 0.0576. The molecule has 0 N–H and O–H groups in total. The van der Waals surface area contributed by atoms with Crippen LogP contribution in [0.4, 0.5) is 5.69 Å². The molecule has 2 aromatic carbocycles. The topological polar surface area (TPSA) is 79.4 Å². The van der Waals surface area contributed by atoms with Crippen LogP contribution in [0.15, 0.2) is 42.5 Å². The highest BCUT2D eigenvalue weighted by atomic mass is 32.1. The highest BCUT2D eigenvalue weighted by molar-refractivity contribution is 7.71. The monoisotopic (exact) mass is 451 g/mol. The van der Waals surface area contributed by atoms with E-state index in [1.165, 1.54) is 17.8 Å². The third-order valence-corrected chi connectivity index (χ3v) is 6.23. The fraction of sp³-hybridized carbons (Fsp3) is 0.333. The predicted octanol–water partition coefficient (Wildman–Crippen LogP) is 5.33. The summed E-state index contributed by atoms with van der Waals surface area (Å²) < 4.78 is 13.7. The van der Waals surface area contributed by atoms with E-state index < -0.39 is 4.92 Å². The molecular formula is C24H25N3O4S. The summed E-state index contributed by atoms with van der Waals surface area (Å²) in [4.78, 5) is 15.4. The Bertz CT molecular complexity index is 1210. The smallest absolute Gasteiger partial charge is 0.269 e. The Balaban J connectivity index is 1.74. The first-order valence-corrected chi connectivity index (χ1v) is 11.0. The van der Waals surface area contributed by atoms with Gasteiger partial charge in [-0.2, -0.15) is 0 Å². The number of ether oxygens (including phenoxy) is 2. The second-order valence-electron chi connectivity index (χ2n) is 7.77. The first-order valence-electron chi connectivity index (χ1n) is 10.6. The number of methoxy groups -OCH3 is 2. The van der Waals surface area contributed by atoms with Crippen LogP contribution in [0, 0.1) is 14.8 Å². The molecule has 7 nitrogen and oxygen atoms in total. The number of benzene rings is 2. The minimum atomic E-state index is -0.395. The van der Waals surface area contributed by atoms with E-state index in [2.05, 4.69) is 4.57 Å². The molecule has 0 aliphatic heterocycles. The zero-order valence-corrected chi connectivity index (χ0v) is 19.0. The van der Waals surface area contributed by atoms with E-state index in [-0.39, 0.29) is 5.69 Å². The lowest BCUT2D eigenvalue weighted by molar-refractivity contribution is -0.384. The number of hydrogen-bond donors (Lipinski definition) is 0. The van der Waals surface area contributed by atoms with Gasteiger partial charge in [-0.05, 0) is 61.9 Å². The van der Waals surface area contributed by atoms with Gasteiger partial charge >= 0.3 is 0 Å². The van der Waals surface area contributed by atoms with Gasteiger partial charge in [0.25, 0.3) is 5.69 Å². The molecule has 0 fully saturated rings. The lowest BCUT2D eigenvalue weighted by atomic mass is 9.96. The molecule has 3 aromatic rings. The van der Waals surface area contributed by atoms with Crippen molar-refractivity contribution in [2.75, 3.05) is 14.2 Å². The zero-order chi connectivity index (χ0) is 22.7. The summed E-state index contributed by atoms with van der Waals surface area (Å²) in [6, 6.07) is 12.5. The molecule has 8 heteroatoms. The van der Waals surface area contributed by atoms with E-state index in [1.54, 1.807) is 26.4 Å². The van der Waals surface area contributed by atoms with Crippen LogP contribution in [-0.4, -0.2) is 28.7 Å². The number of rotatable bonds is 7. The van der Waals surface area contributed by atoms with E-state index >= 15 is 0 Å². The van der Waals surface area contributed by atoms with Gasteiger partial charge < -0.3 is 14.0 Å². The quantitative estimate of drug-likeness (QED) is 0.275. The number of nitro benzene ring substituents is 1. The van der Waals surface area contributed by atoms with Crippen LogP contribution in [0.5, 0.6) is 11.5 Å². The fourth-order valence-electron chi connectivity index (χ4n) is 4.24. The molecule has 1 heterocycles. The SMILES string of the molecule is COc1ccc(CCn2c(-c3ccc([N+](=O)[O-])cc3)nc(=S)c3c2CCCC3)cc1OC. The molecular weight excluding hydrogens is 426 g/mol. The molecule has 32 heavy (non-hydrogen) atoms. The first-order chi connectivity index (χ1) is 15.5. The van der Waals surface area contributed by atoms with Crippen LogP contribution in [0.1, 0.15) is 29.7 Å². The van der Waals surface area contributed by atoms with Crippen LogP contribution in [0.3, 0.4) is 0 Å². The lowest BCUT2D eigenvalue weighted by Crippen LogP contribution is -2.19. The molecule has 0 unspecified atom stereocenters. The van der Waals surface area contributed by atoms with Gasteiger partial charge in [-0.3, -0.25) is 10.1 Å². The van der Waals surface area contributed by atoms with E-state index in [9.17, 15) is 10.1 Å². The maximum Gasteiger partial charge on any atom is 0.269 e. The highest BCUT2D eigenvalue weighted by Gasteiger charge is 2.20. The number of aryl methyl sites for hydroxylation is 1. The number of hydrogen-bond acceptors (Lipinski definition) is 6. The molecule has 1 aliphatic rings. The third-order valence-electron chi connectivity index (χ3n) is 5.89. The summed E-state index contributed by atoms with van der Waals surface area (Å²) in [5.74, 6) is 2.16. The summed E-state index contributed by atoms with van der Waals surface area (Å²) in [6.45, 7) is 0.715. The van der Waals surface area contributed by atoms with Crippen LogP contribution >= 0.6 is 12.2 Å². The van der Waals surface area contributed by atoms with Gasteiger partial charge in [0.2, 0.25) is 0 Å². The molecule has 0 spiro atoms. The van der Waals surface area contributed by atoms with Gasteiger partial charge in [-0.25, -0.2) is 4.98 Å². The van der Waals surface area contributed by atoms with Crippen molar-refractivity contribution in [2.45, 2.75) is 38.6 Å². The average Bonchev–Trinajstić information content (AvgIpc) is 2.83. The zero-order valence-electron chi connectivity index (χ0n) is 18.2. The Hall–Kier alpha value is -3.26. The number of non-ortho nitro benzene ring substituents is 1. The Kier molecular flexibility index (Phi) is 6.50. The summed E-state index contributed by atoms with van der Waals surface area (Å²) in [5, 5.41) is 11.1. The number of aromatic nitrogens is 2. The fourth-order valence-corrected chi connectivity index (χ4v) is 4.55. The van der Waals surface area contributed by atoms with Gasteiger partial charge in [0.1, 0.15) is 10.5 Å². The van der Waals surface area contributed by atoms with E-state index in [0.29, 0.717) is 22.7 Å². The Morgan fingerprint density at radius 1 is 1.06 bits per heavy atom. The van der Waals surface area contributed by atoms with Crippen molar-refractivity contribution >= 4 is 17.9 Å². The molecule has 0 saturated heterocycles. The standard InChI is InChI=1S/C24H25N3O4S/c1-30-21-12-7-16(15-22(21)31-2)13-14-26-20-6-4-3-5-19(20)24(32)25-23(26)17-8-10-18(11-9-17)27(28)29/h7-12,15H,3-6,13-14H2,1-2H3. The van der Waals surface area contributed by atoms with Crippen molar-refractivity contribution in [3.8, 4) is 22.9 Å². The highest BCUT2D eigenvalue weighted by Crippen LogP contribution is 2.30. The molecule has 0 atom stereocenters. The molecule has 166 valence electrons. The molecule has 0 bridgehead atoms. The summed E-state index contributed by atoms with van der Waals surface area (Å²) >= 11 is 5.63. The molecule has 0 saturated carbocycles. The molecule has 1 aliphatic carbocycles. The molecule has 4 rings (SSSR count). The van der Waals surface area contributed by atoms with Crippen molar-refractivity contribution in [1.29, 1.82) is 0 Å². The second-order valence-corrected chi connectivity index (χ2v) is 8.15. The average molecular weight is 452 g/mol. The Morgan fingerprint density at radius 3 is 2.47 bits per heavy atom. The maximum atomic E-state index is 11.1. The maximum absolute atomic E-state index is 11.1. The van der Waals surface area contributed by atoms with Gasteiger partial charge in [-0.1, -0.05) is 18.3 Å². The molecule has 0 amide bonds. The predicted molar refractivity (Wildman–Crippen MR) is 125 cm³/mol. The van der Waals surface area contributed by atoms with Crippen molar-refractivity contribution < 1.29 is 14.4 Å². The van der Waals surface area contributed by atoms with Gasteiger partial charge in [0.05, 0.1) is 19.1 Å². The van der Waals surface area contributed by atoms with Gasteiger partial charge in [-0.15, -0.1) is 0 Å². The largest absolute Gasteiger partial charge is 0.493 e. The molecule has 0 radical (unpaired) electrons. The van der Waals surface area contributed by atoms with Crippen LogP contribution in [-0.2, 0) is 25.8 Å². The van der Waals surface area contributed by atoms with Crippen molar-refractivity contribution in [1.82, 2.24) is 9.55 Å². The summed E-state index contributed by atoms with van der Waals surface area (Å²) in [5.41, 5.74) is 4.38. The lowest BCUT2D eigenvalue weighted by Gasteiger charge is -2.24. The van der Waals surface area contributed by atoms with Gasteiger partial charge in [0, 0.05) is 35.5 Å². The van der Waals surface area contributed by atoms with E-state index in [1.807, 2.05) is 18.2 Å². The number of nitrogens with zero attached hydrogens (tertiary/aromatic N) is 3. The normalized spacial score (nSPS) is 12.8. The van der Waals surface area contributed by atoms with Crippen LogP contribution < -0.4 is 9.47 Å². The van der Waals surface area contributed by atoms with Crippen molar-refractivity contribution in [3.05, 3.63) is 74.0 Å². The Labute approximate surface area is 191 Å². The second kappa shape index (κ2) is 9.48. The van der Waals surface area contributed by atoms with Crippen molar-refractivity contribution in [3.63, 3.8) is 0 Å². The summed E-state index contributed by atoms with van der Waals surface area (Å²) in [7, 11) is 3.25. The first kappa shape index (κ1) is 22.0. The third kappa shape index (κ3) is 4.36. The van der Waals surface area contributed by atoms with Gasteiger partial charge in [0.15, 0.2) is 11.5 Å². The number of fused-ring (bicyclic) bond motifs is 1. The Morgan fingerprint density at radius 2 is 1.78 bits per heavy atom. The van der Waals surface area contributed by atoms with E-state index in [0.717, 1.165) is 54.6 Å².